The summed E-state index contributed by atoms with van der Waals surface area (Å²) in [5.74, 6) is 0.0801. The molecule has 18 heavy (non-hydrogen) atoms. The van der Waals surface area contributed by atoms with Crippen molar-refractivity contribution in [1.29, 1.82) is 0 Å². The van der Waals surface area contributed by atoms with E-state index in [1.165, 1.54) is 0 Å². The van der Waals surface area contributed by atoms with Crippen LogP contribution in [0.4, 0.5) is 0 Å². The van der Waals surface area contributed by atoms with Gasteiger partial charge in [0.15, 0.2) is 12.4 Å². The van der Waals surface area contributed by atoms with Gasteiger partial charge in [-0.2, -0.15) is 0 Å². The summed E-state index contributed by atoms with van der Waals surface area (Å²) in [6.45, 7) is 1.65. The first-order chi connectivity index (χ1) is 8.33. The number of aliphatic hydroxyl groups excluding tert-OH is 1. The van der Waals surface area contributed by atoms with Crippen molar-refractivity contribution < 1.29 is 31.4 Å². The standard InChI is InChI=1S/C13H20N2O2.BrH/c16-12-6-8-14-13(17)7-2-5-11-15-9-3-1-4-10-15;/h1,3-4,9-10,16H,2,5-8,11-12H2;1H. The molecule has 1 rings (SSSR count). The van der Waals surface area contributed by atoms with Crippen molar-refractivity contribution >= 4 is 5.91 Å². The van der Waals surface area contributed by atoms with Crippen molar-refractivity contribution in [3.05, 3.63) is 30.6 Å². The number of unbranched alkanes of at least 4 members (excludes halogenated alkanes) is 1. The molecule has 1 aromatic rings. The third-order valence-electron chi connectivity index (χ3n) is 2.50. The average Bonchev–Trinajstić information content (AvgIpc) is 2.36. The lowest BCUT2D eigenvalue weighted by Gasteiger charge is -2.02. The van der Waals surface area contributed by atoms with Gasteiger partial charge in [-0.3, -0.25) is 4.79 Å². The van der Waals surface area contributed by atoms with E-state index in [1.807, 2.05) is 30.6 Å². The highest BCUT2D eigenvalue weighted by molar-refractivity contribution is 5.75. The van der Waals surface area contributed by atoms with Crippen LogP contribution in [0.5, 0.6) is 0 Å². The predicted octanol–water partition coefficient (Wildman–Crippen LogP) is -2.35. The summed E-state index contributed by atoms with van der Waals surface area (Å²) in [4.78, 5) is 11.3. The number of halogens is 1. The van der Waals surface area contributed by atoms with E-state index in [2.05, 4.69) is 9.88 Å². The molecule has 2 N–H and O–H groups in total. The van der Waals surface area contributed by atoms with Gasteiger partial charge in [-0.05, 0) is 12.8 Å². The molecule has 0 aromatic carbocycles. The van der Waals surface area contributed by atoms with Crippen LogP contribution in [0, 0.1) is 0 Å². The number of carbonyl (C=O) groups is 1. The molecule has 0 spiro atoms. The molecule has 0 unspecified atom stereocenters. The third kappa shape index (κ3) is 8.20. The van der Waals surface area contributed by atoms with Crippen LogP contribution in [0.1, 0.15) is 25.7 Å². The van der Waals surface area contributed by atoms with Crippen molar-refractivity contribution in [2.45, 2.75) is 32.2 Å². The Kier molecular flexibility index (Phi) is 10.6. The lowest BCUT2D eigenvalue weighted by molar-refractivity contribution is -0.697. The second-order valence-corrected chi connectivity index (χ2v) is 4.00. The topological polar surface area (TPSA) is 53.2 Å². The largest absolute Gasteiger partial charge is 1.00 e. The second-order valence-electron chi connectivity index (χ2n) is 4.00. The maximum absolute atomic E-state index is 11.3. The predicted molar refractivity (Wildman–Crippen MR) is 65.2 cm³/mol. The van der Waals surface area contributed by atoms with E-state index in [0.29, 0.717) is 19.4 Å². The minimum absolute atomic E-state index is 0. The smallest absolute Gasteiger partial charge is 0.219 e. The lowest BCUT2D eigenvalue weighted by Crippen LogP contribution is -3.00. The fourth-order valence-electron chi connectivity index (χ4n) is 1.56. The van der Waals surface area contributed by atoms with Gasteiger partial charge in [-0.1, -0.05) is 6.07 Å². The summed E-state index contributed by atoms with van der Waals surface area (Å²) in [5, 5.41) is 11.3. The molecular formula is C13H21BrN2O2. The second kappa shape index (κ2) is 11.2. The van der Waals surface area contributed by atoms with E-state index in [0.717, 1.165) is 19.4 Å². The minimum Gasteiger partial charge on any atom is -1.00 e. The summed E-state index contributed by atoms with van der Waals surface area (Å²) < 4.78 is 2.11. The van der Waals surface area contributed by atoms with Crippen LogP contribution >= 0.6 is 0 Å². The Hall–Kier alpha value is -0.940. The van der Waals surface area contributed by atoms with Crippen molar-refractivity contribution in [1.82, 2.24) is 5.32 Å². The SMILES string of the molecule is O=C(CCCC[n+]1ccccc1)NCCCO.[Br-]. The molecule has 0 aliphatic heterocycles. The number of nitrogens with zero attached hydrogens (tertiary/aromatic N) is 1. The highest BCUT2D eigenvalue weighted by Crippen LogP contribution is 1.95. The fourth-order valence-corrected chi connectivity index (χ4v) is 1.56. The molecule has 5 heteroatoms. The van der Waals surface area contributed by atoms with Crippen LogP contribution in [0.3, 0.4) is 0 Å². The van der Waals surface area contributed by atoms with Gasteiger partial charge in [0.1, 0.15) is 6.54 Å². The molecule has 0 saturated heterocycles. The highest BCUT2D eigenvalue weighted by atomic mass is 79.9. The number of aliphatic hydroxyl groups is 1. The first-order valence-electron chi connectivity index (χ1n) is 6.14. The van der Waals surface area contributed by atoms with Crippen LogP contribution < -0.4 is 26.9 Å². The quantitative estimate of drug-likeness (QED) is 0.417. The fraction of sp³-hybridized carbons (Fsp3) is 0.538. The molecule has 1 heterocycles. The van der Waals surface area contributed by atoms with E-state index in [4.69, 9.17) is 5.11 Å². The Morgan fingerprint density at radius 3 is 2.50 bits per heavy atom. The van der Waals surface area contributed by atoms with Crippen LogP contribution in [-0.4, -0.2) is 24.2 Å². The van der Waals surface area contributed by atoms with Gasteiger partial charge >= 0.3 is 0 Å². The maximum atomic E-state index is 11.3. The van der Waals surface area contributed by atoms with Crippen molar-refractivity contribution in [2.24, 2.45) is 0 Å². The third-order valence-corrected chi connectivity index (χ3v) is 2.50. The molecule has 0 bridgehead atoms. The summed E-state index contributed by atoms with van der Waals surface area (Å²) >= 11 is 0. The Bertz CT molecular complexity index is 320. The molecular weight excluding hydrogens is 296 g/mol. The van der Waals surface area contributed by atoms with E-state index in [9.17, 15) is 4.79 Å². The average molecular weight is 317 g/mol. The maximum Gasteiger partial charge on any atom is 0.219 e. The molecule has 0 saturated carbocycles. The molecule has 0 aliphatic carbocycles. The van der Waals surface area contributed by atoms with Crippen molar-refractivity contribution in [3.8, 4) is 0 Å². The summed E-state index contributed by atoms with van der Waals surface area (Å²) in [6.07, 6.45) is 7.15. The van der Waals surface area contributed by atoms with Gasteiger partial charge < -0.3 is 27.4 Å². The first kappa shape index (κ1) is 17.1. The number of amides is 1. The Balaban J connectivity index is 0.00000289. The highest BCUT2D eigenvalue weighted by Gasteiger charge is 2.02. The molecule has 1 aromatic heterocycles. The monoisotopic (exact) mass is 316 g/mol. The summed E-state index contributed by atoms with van der Waals surface area (Å²) in [6, 6.07) is 5.99. The minimum atomic E-state index is 0. The number of hydrogen-bond acceptors (Lipinski definition) is 2. The number of carbonyl (C=O) groups excluding carboxylic acids is 1. The van der Waals surface area contributed by atoms with Crippen LogP contribution in [0.15, 0.2) is 30.6 Å². The number of aromatic nitrogens is 1. The van der Waals surface area contributed by atoms with E-state index < -0.39 is 0 Å². The van der Waals surface area contributed by atoms with Gasteiger partial charge in [0.25, 0.3) is 0 Å². The van der Waals surface area contributed by atoms with Crippen LogP contribution in [-0.2, 0) is 11.3 Å². The van der Waals surface area contributed by atoms with Gasteiger partial charge in [-0.15, -0.1) is 0 Å². The summed E-state index contributed by atoms with van der Waals surface area (Å²) in [5.41, 5.74) is 0. The molecule has 1 amide bonds. The number of nitrogens with one attached hydrogen (secondary N) is 1. The lowest BCUT2D eigenvalue weighted by atomic mass is 10.2. The van der Waals surface area contributed by atoms with Gasteiger partial charge in [-0.25, -0.2) is 4.57 Å². The zero-order valence-electron chi connectivity index (χ0n) is 10.5. The molecule has 0 fully saturated rings. The molecule has 0 aliphatic rings. The molecule has 0 radical (unpaired) electrons. The van der Waals surface area contributed by atoms with Crippen molar-refractivity contribution in [3.63, 3.8) is 0 Å². The van der Waals surface area contributed by atoms with Crippen LogP contribution in [0.25, 0.3) is 0 Å². The zero-order valence-corrected chi connectivity index (χ0v) is 12.1. The number of pyridine rings is 1. The molecule has 102 valence electrons. The Morgan fingerprint density at radius 2 is 1.83 bits per heavy atom. The number of rotatable bonds is 8. The van der Waals surface area contributed by atoms with Crippen molar-refractivity contribution in [2.75, 3.05) is 13.2 Å². The van der Waals surface area contributed by atoms with Gasteiger partial charge in [0.05, 0.1) is 0 Å². The zero-order chi connectivity index (χ0) is 12.3. The van der Waals surface area contributed by atoms with E-state index in [-0.39, 0.29) is 29.5 Å². The Morgan fingerprint density at radius 1 is 1.11 bits per heavy atom. The molecule has 4 nitrogen and oxygen atoms in total. The number of hydrogen-bond donors (Lipinski definition) is 2. The molecule has 0 atom stereocenters. The van der Waals surface area contributed by atoms with Crippen LogP contribution in [0.2, 0.25) is 0 Å². The van der Waals surface area contributed by atoms with Gasteiger partial charge in [0.2, 0.25) is 5.91 Å². The normalized spacial score (nSPS) is 9.61. The van der Waals surface area contributed by atoms with Gasteiger partial charge in [0, 0.05) is 38.1 Å². The first-order valence-corrected chi connectivity index (χ1v) is 6.14. The van der Waals surface area contributed by atoms with E-state index >= 15 is 0 Å². The number of aryl methyl sites for hydroxylation is 1. The van der Waals surface area contributed by atoms with E-state index in [1.54, 1.807) is 0 Å². The summed E-state index contributed by atoms with van der Waals surface area (Å²) in [7, 11) is 0. The Labute approximate surface area is 119 Å².